The quantitative estimate of drug-likeness (QED) is 0.622. The Morgan fingerprint density at radius 3 is 3.00 bits per heavy atom. The third-order valence-electron chi connectivity index (χ3n) is 2.80. The maximum Gasteiger partial charge on any atom is 0.144 e. The zero-order valence-electron chi connectivity index (χ0n) is 9.15. The molecule has 0 fully saturated rings. The second-order valence-corrected chi connectivity index (χ2v) is 3.80. The maximum absolute atomic E-state index is 5.48. The summed E-state index contributed by atoms with van der Waals surface area (Å²) in [5, 5.41) is 2.05. The molecular weight excluding hydrogens is 202 g/mol. The summed E-state index contributed by atoms with van der Waals surface area (Å²) in [6, 6.07) is 5.90. The Hall–Kier alpha value is -2.03. The van der Waals surface area contributed by atoms with Crippen molar-refractivity contribution in [3.63, 3.8) is 0 Å². The van der Waals surface area contributed by atoms with Crippen LogP contribution in [0, 0.1) is 6.92 Å². The summed E-state index contributed by atoms with van der Waals surface area (Å²) < 4.78 is 10.8. The molecule has 0 saturated carbocycles. The van der Waals surface area contributed by atoms with Crippen molar-refractivity contribution in [2.24, 2.45) is 0 Å². The molecule has 0 N–H and O–H groups in total. The van der Waals surface area contributed by atoms with Crippen molar-refractivity contribution >= 4 is 21.9 Å². The lowest BCUT2D eigenvalue weighted by Gasteiger charge is -2.06. The molecule has 0 atom stereocenters. The van der Waals surface area contributed by atoms with E-state index < -0.39 is 0 Å². The van der Waals surface area contributed by atoms with E-state index in [9.17, 15) is 0 Å². The lowest BCUT2D eigenvalue weighted by Crippen LogP contribution is -1.88. The summed E-state index contributed by atoms with van der Waals surface area (Å²) in [6.45, 7) is 2.01. The van der Waals surface area contributed by atoms with Crippen LogP contribution in [0.2, 0.25) is 0 Å². The summed E-state index contributed by atoms with van der Waals surface area (Å²) >= 11 is 0. The van der Waals surface area contributed by atoms with Crippen LogP contribution in [-0.4, -0.2) is 12.1 Å². The lowest BCUT2D eigenvalue weighted by molar-refractivity contribution is 0.412. The van der Waals surface area contributed by atoms with Gasteiger partial charge in [-0.2, -0.15) is 0 Å². The molecule has 1 aromatic carbocycles. The van der Waals surface area contributed by atoms with Crippen LogP contribution in [0.5, 0.6) is 5.75 Å². The number of ether oxygens (including phenoxy) is 1. The van der Waals surface area contributed by atoms with Crippen LogP contribution in [0.4, 0.5) is 0 Å². The number of fused-ring (bicyclic) bond motifs is 3. The summed E-state index contributed by atoms with van der Waals surface area (Å²) in [5.41, 5.74) is 2.86. The van der Waals surface area contributed by atoms with Crippen molar-refractivity contribution in [2.45, 2.75) is 6.92 Å². The highest BCUT2D eigenvalue weighted by atomic mass is 16.5. The Balaban J connectivity index is 2.47. The Kier molecular flexibility index (Phi) is 1.86. The van der Waals surface area contributed by atoms with Crippen LogP contribution < -0.4 is 4.74 Å². The van der Waals surface area contributed by atoms with Gasteiger partial charge in [0.25, 0.3) is 0 Å². The van der Waals surface area contributed by atoms with E-state index in [1.807, 2.05) is 31.3 Å². The van der Waals surface area contributed by atoms with Crippen molar-refractivity contribution in [1.82, 2.24) is 4.98 Å². The van der Waals surface area contributed by atoms with Gasteiger partial charge in [-0.1, -0.05) is 0 Å². The van der Waals surface area contributed by atoms with E-state index in [0.29, 0.717) is 0 Å². The summed E-state index contributed by atoms with van der Waals surface area (Å²) in [5.74, 6) is 0.853. The molecule has 2 heterocycles. The van der Waals surface area contributed by atoms with Gasteiger partial charge in [-0.25, -0.2) is 0 Å². The van der Waals surface area contributed by atoms with Gasteiger partial charge in [0, 0.05) is 23.0 Å². The minimum absolute atomic E-state index is 0.853. The molecule has 3 aromatic rings. The minimum Gasteiger partial charge on any atom is -0.496 e. The lowest BCUT2D eigenvalue weighted by atomic mass is 10.1. The second-order valence-electron chi connectivity index (χ2n) is 3.80. The van der Waals surface area contributed by atoms with Gasteiger partial charge in [0.1, 0.15) is 11.3 Å². The average molecular weight is 213 g/mol. The highest BCUT2D eigenvalue weighted by Gasteiger charge is 2.08. The molecule has 16 heavy (non-hydrogen) atoms. The van der Waals surface area contributed by atoms with E-state index in [1.54, 1.807) is 13.4 Å². The number of hydrogen-bond acceptors (Lipinski definition) is 3. The number of hydrogen-bond donors (Lipinski definition) is 0. The molecule has 0 unspecified atom stereocenters. The third kappa shape index (κ3) is 1.18. The Morgan fingerprint density at radius 2 is 2.19 bits per heavy atom. The molecule has 0 aliphatic rings. The van der Waals surface area contributed by atoms with Crippen LogP contribution >= 0.6 is 0 Å². The van der Waals surface area contributed by atoms with Crippen molar-refractivity contribution < 1.29 is 9.15 Å². The van der Waals surface area contributed by atoms with E-state index in [2.05, 4.69) is 4.98 Å². The van der Waals surface area contributed by atoms with Gasteiger partial charge in [-0.3, -0.25) is 4.98 Å². The van der Waals surface area contributed by atoms with Crippen LogP contribution in [0.1, 0.15) is 5.56 Å². The first-order valence-electron chi connectivity index (χ1n) is 5.10. The minimum atomic E-state index is 0.853. The van der Waals surface area contributed by atoms with E-state index in [0.717, 1.165) is 33.2 Å². The largest absolute Gasteiger partial charge is 0.496 e. The third-order valence-corrected chi connectivity index (χ3v) is 2.80. The monoisotopic (exact) mass is 213 g/mol. The van der Waals surface area contributed by atoms with Crippen LogP contribution in [0.25, 0.3) is 21.9 Å². The van der Waals surface area contributed by atoms with Crippen molar-refractivity contribution in [1.29, 1.82) is 0 Å². The first kappa shape index (κ1) is 9.21. The molecule has 2 aromatic heterocycles. The number of rotatable bonds is 1. The van der Waals surface area contributed by atoms with Gasteiger partial charge in [0.05, 0.1) is 18.9 Å². The van der Waals surface area contributed by atoms with Crippen LogP contribution in [0.3, 0.4) is 0 Å². The van der Waals surface area contributed by atoms with E-state index in [-0.39, 0.29) is 0 Å². The molecule has 0 saturated heterocycles. The number of pyridine rings is 1. The van der Waals surface area contributed by atoms with Gasteiger partial charge in [0.15, 0.2) is 0 Å². The molecule has 0 aliphatic heterocycles. The molecule has 0 aliphatic carbocycles. The number of aryl methyl sites for hydroxylation is 1. The second kappa shape index (κ2) is 3.23. The zero-order valence-corrected chi connectivity index (χ0v) is 9.15. The smallest absolute Gasteiger partial charge is 0.144 e. The fraction of sp³-hybridized carbons (Fsp3) is 0.154. The van der Waals surface area contributed by atoms with Crippen molar-refractivity contribution in [2.75, 3.05) is 7.11 Å². The standard InChI is InChI=1S/C13H11NO2/c1-8-5-10-11(6-12(8)15-2)14-7-9-3-4-16-13(9)10/h3-7H,1-2H3. The van der Waals surface area contributed by atoms with Crippen LogP contribution in [0.15, 0.2) is 35.1 Å². The highest BCUT2D eigenvalue weighted by molar-refractivity contribution is 6.02. The van der Waals surface area contributed by atoms with Gasteiger partial charge < -0.3 is 9.15 Å². The van der Waals surface area contributed by atoms with E-state index in [4.69, 9.17) is 9.15 Å². The molecular formula is C13H11NO2. The first-order chi connectivity index (χ1) is 7.79. The first-order valence-corrected chi connectivity index (χ1v) is 5.10. The highest BCUT2D eigenvalue weighted by Crippen LogP contribution is 2.29. The summed E-state index contributed by atoms with van der Waals surface area (Å²) in [4.78, 5) is 4.39. The summed E-state index contributed by atoms with van der Waals surface area (Å²) in [7, 11) is 1.67. The predicted molar refractivity (Wildman–Crippen MR) is 62.8 cm³/mol. The van der Waals surface area contributed by atoms with Crippen molar-refractivity contribution in [3.05, 3.63) is 36.2 Å². The molecule has 0 bridgehead atoms. The normalized spacial score (nSPS) is 11.1. The number of nitrogens with zero attached hydrogens (tertiary/aromatic N) is 1. The van der Waals surface area contributed by atoms with E-state index in [1.165, 1.54) is 0 Å². The van der Waals surface area contributed by atoms with Gasteiger partial charge in [-0.05, 0) is 24.6 Å². The predicted octanol–water partition coefficient (Wildman–Crippen LogP) is 3.30. The number of benzene rings is 1. The number of furan rings is 1. The molecule has 80 valence electrons. The molecule has 3 rings (SSSR count). The van der Waals surface area contributed by atoms with Gasteiger partial charge in [0.2, 0.25) is 0 Å². The Labute approximate surface area is 92.7 Å². The molecule has 3 heteroatoms. The maximum atomic E-state index is 5.48. The van der Waals surface area contributed by atoms with Crippen molar-refractivity contribution in [3.8, 4) is 5.75 Å². The molecule has 3 nitrogen and oxygen atoms in total. The Morgan fingerprint density at radius 1 is 1.31 bits per heavy atom. The fourth-order valence-corrected chi connectivity index (χ4v) is 1.96. The number of methoxy groups -OCH3 is 1. The fourth-order valence-electron chi connectivity index (χ4n) is 1.96. The van der Waals surface area contributed by atoms with E-state index >= 15 is 0 Å². The van der Waals surface area contributed by atoms with Gasteiger partial charge >= 0.3 is 0 Å². The zero-order chi connectivity index (χ0) is 11.1. The molecule has 0 amide bonds. The SMILES string of the molecule is COc1cc2ncc3ccoc3c2cc1C. The summed E-state index contributed by atoms with van der Waals surface area (Å²) in [6.07, 6.45) is 3.50. The molecule has 0 spiro atoms. The molecule has 0 radical (unpaired) electrons. The van der Waals surface area contributed by atoms with Crippen LogP contribution in [-0.2, 0) is 0 Å². The van der Waals surface area contributed by atoms with Gasteiger partial charge in [-0.15, -0.1) is 0 Å². The Bertz CT molecular complexity index is 670. The average Bonchev–Trinajstić information content (AvgIpc) is 2.76. The topological polar surface area (TPSA) is 35.3 Å². The number of aromatic nitrogens is 1.